The fraction of sp³-hybridized carbons (Fsp3) is 0.571. The first-order valence-electron chi connectivity index (χ1n) is 13.4. The second kappa shape index (κ2) is 13.5. The van der Waals surface area contributed by atoms with Gasteiger partial charge in [0.05, 0.1) is 23.9 Å². The molecular weight excluding hydrogens is 521 g/mol. The zero-order chi connectivity index (χ0) is 28.7. The fourth-order valence-electron chi connectivity index (χ4n) is 4.38. The Labute approximate surface area is 232 Å². The van der Waals surface area contributed by atoms with Gasteiger partial charge in [0, 0.05) is 32.8 Å². The summed E-state index contributed by atoms with van der Waals surface area (Å²) in [5.74, 6) is 1.21. The van der Waals surface area contributed by atoms with Crippen LogP contribution in [0.15, 0.2) is 42.5 Å². The second-order valence-corrected chi connectivity index (χ2v) is 13.2. The van der Waals surface area contributed by atoms with Crippen molar-refractivity contribution in [3.63, 3.8) is 0 Å². The largest absolute Gasteiger partial charge is 0.383 e. The minimum atomic E-state index is -3.71. The van der Waals surface area contributed by atoms with E-state index in [2.05, 4.69) is 17.2 Å². The van der Waals surface area contributed by atoms with Crippen molar-refractivity contribution in [2.45, 2.75) is 50.9 Å². The van der Waals surface area contributed by atoms with Crippen molar-refractivity contribution >= 4 is 27.6 Å². The summed E-state index contributed by atoms with van der Waals surface area (Å²) < 4.78 is 46.1. The van der Waals surface area contributed by atoms with Crippen LogP contribution < -0.4 is 20.3 Å². The molecule has 39 heavy (non-hydrogen) atoms. The molecule has 1 aromatic heterocycles. The molecule has 2 aromatic rings. The maximum atomic E-state index is 13.6. The third-order valence-corrected chi connectivity index (χ3v) is 9.43. The number of hydrogen-bond donors (Lipinski definition) is 2. The lowest BCUT2D eigenvalue weighted by molar-refractivity contribution is 0.0928. The second-order valence-electron chi connectivity index (χ2n) is 10.6. The number of pyridine rings is 1. The molecule has 11 heteroatoms. The summed E-state index contributed by atoms with van der Waals surface area (Å²) in [7, 11) is -0.657. The number of halogens is 1. The Hall–Kier alpha value is -2.76. The van der Waals surface area contributed by atoms with E-state index in [0.29, 0.717) is 43.8 Å². The first-order chi connectivity index (χ1) is 18.5. The normalized spacial score (nSPS) is 18.5. The summed E-state index contributed by atoms with van der Waals surface area (Å²) in [6.07, 6.45) is 1.45. The summed E-state index contributed by atoms with van der Waals surface area (Å²) in [4.78, 5) is 20.3. The summed E-state index contributed by atoms with van der Waals surface area (Å²) in [5, 5.41) is 2.21. The Balaban J connectivity index is 1.99. The van der Waals surface area contributed by atoms with E-state index < -0.39 is 39.9 Å². The third-order valence-electron chi connectivity index (χ3n) is 7.29. The Morgan fingerprint density at radius 1 is 1.23 bits per heavy atom. The lowest BCUT2D eigenvalue weighted by Gasteiger charge is -2.28. The van der Waals surface area contributed by atoms with Crippen LogP contribution in [0.5, 0.6) is 0 Å². The molecule has 1 heterocycles. The van der Waals surface area contributed by atoms with Gasteiger partial charge in [0.1, 0.15) is 18.3 Å². The average molecular weight is 564 g/mol. The predicted octanol–water partition coefficient (Wildman–Crippen LogP) is 3.00. The van der Waals surface area contributed by atoms with E-state index in [1.165, 1.54) is 13.1 Å². The number of nitrogens with one attached hydrogen (secondary N) is 1. The minimum absolute atomic E-state index is 0.131. The number of hydrogen-bond acceptors (Lipinski definition) is 7. The van der Waals surface area contributed by atoms with E-state index in [0.717, 1.165) is 16.3 Å². The highest BCUT2D eigenvalue weighted by Gasteiger charge is 2.35. The molecule has 0 radical (unpaired) electrons. The van der Waals surface area contributed by atoms with E-state index in [-0.39, 0.29) is 11.4 Å². The first kappa shape index (κ1) is 30.8. The predicted molar refractivity (Wildman–Crippen MR) is 153 cm³/mol. The van der Waals surface area contributed by atoms with Crippen LogP contribution in [0.4, 0.5) is 16.0 Å². The SMILES string of the molecule is COCCN(C[C@H]1C[C@@H]1C)c1cc(C(=O)N[C@@H](Cc2ccccc2)[C@@H](N)CF)cc(N(C)S(=O)(=O)C(C)C)n1. The number of benzene rings is 1. The molecule has 1 aliphatic carbocycles. The Kier molecular flexibility index (Phi) is 10.7. The molecule has 1 saturated carbocycles. The maximum absolute atomic E-state index is 13.6. The average Bonchev–Trinajstić information content (AvgIpc) is 3.63. The number of aromatic nitrogens is 1. The lowest BCUT2D eigenvalue weighted by atomic mass is 10.00. The molecule has 9 nitrogen and oxygen atoms in total. The van der Waals surface area contributed by atoms with E-state index in [1.54, 1.807) is 27.0 Å². The van der Waals surface area contributed by atoms with E-state index >= 15 is 0 Å². The van der Waals surface area contributed by atoms with Crippen LogP contribution in [0.2, 0.25) is 0 Å². The molecule has 1 amide bonds. The van der Waals surface area contributed by atoms with Crippen molar-refractivity contribution in [1.82, 2.24) is 10.3 Å². The molecule has 4 atom stereocenters. The number of carbonyl (C=O) groups excluding carboxylic acids is 1. The Bertz CT molecular complexity index is 1200. The number of carbonyl (C=O) groups is 1. The van der Waals surface area contributed by atoms with Crippen molar-refractivity contribution in [3.8, 4) is 0 Å². The number of nitrogens with two attached hydrogens (primary N) is 1. The molecule has 0 spiro atoms. The van der Waals surface area contributed by atoms with Gasteiger partial charge in [0.15, 0.2) is 0 Å². The van der Waals surface area contributed by atoms with Crippen LogP contribution in [0, 0.1) is 11.8 Å². The summed E-state index contributed by atoms with van der Waals surface area (Å²) in [6, 6.07) is 10.9. The number of sulfonamides is 1. The van der Waals surface area contributed by atoms with Crippen LogP contribution in [-0.4, -0.2) is 77.2 Å². The van der Waals surface area contributed by atoms with Crippen LogP contribution in [0.1, 0.15) is 43.1 Å². The van der Waals surface area contributed by atoms with Crippen molar-refractivity contribution < 1.29 is 22.3 Å². The fourth-order valence-corrected chi connectivity index (χ4v) is 5.36. The molecule has 1 aliphatic rings. The molecule has 216 valence electrons. The number of methoxy groups -OCH3 is 1. The molecule has 0 bridgehead atoms. The van der Waals surface area contributed by atoms with Crippen LogP contribution in [0.3, 0.4) is 0 Å². The van der Waals surface area contributed by atoms with Crippen LogP contribution in [-0.2, 0) is 21.2 Å². The van der Waals surface area contributed by atoms with Gasteiger partial charge in [-0.1, -0.05) is 37.3 Å². The highest BCUT2D eigenvalue weighted by Crippen LogP contribution is 2.39. The summed E-state index contributed by atoms with van der Waals surface area (Å²) >= 11 is 0. The number of rotatable bonds is 15. The smallest absolute Gasteiger partial charge is 0.251 e. The molecule has 0 aliphatic heterocycles. The van der Waals surface area contributed by atoms with Gasteiger partial charge in [-0.15, -0.1) is 0 Å². The third kappa shape index (κ3) is 8.12. The van der Waals surface area contributed by atoms with Crippen molar-refractivity contribution in [3.05, 3.63) is 53.6 Å². The van der Waals surface area contributed by atoms with Gasteiger partial charge >= 0.3 is 0 Å². The monoisotopic (exact) mass is 563 g/mol. The molecule has 1 aromatic carbocycles. The Morgan fingerprint density at radius 3 is 2.44 bits per heavy atom. The van der Waals surface area contributed by atoms with Crippen molar-refractivity contribution in [1.29, 1.82) is 0 Å². The van der Waals surface area contributed by atoms with E-state index in [4.69, 9.17) is 10.5 Å². The lowest BCUT2D eigenvalue weighted by Crippen LogP contribution is -2.50. The van der Waals surface area contributed by atoms with Gasteiger partial charge in [-0.3, -0.25) is 9.10 Å². The van der Waals surface area contributed by atoms with Gasteiger partial charge in [0.2, 0.25) is 10.0 Å². The molecule has 3 rings (SSSR count). The summed E-state index contributed by atoms with van der Waals surface area (Å²) in [6.45, 7) is 6.26. The molecule has 0 saturated heterocycles. The first-order valence-corrected chi connectivity index (χ1v) is 14.9. The topological polar surface area (TPSA) is 118 Å². The van der Waals surface area contributed by atoms with E-state index in [9.17, 15) is 17.6 Å². The van der Waals surface area contributed by atoms with E-state index in [1.807, 2.05) is 35.2 Å². The minimum Gasteiger partial charge on any atom is -0.383 e. The number of anilines is 2. The quantitative estimate of drug-likeness (QED) is 0.342. The molecule has 3 N–H and O–H groups in total. The highest BCUT2D eigenvalue weighted by molar-refractivity contribution is 7.93. The number of ether oxygens (including phenoxy) is 1. The number of nitrogens with zero attached hydrogens (tertiary/aromatic N) is 3. The van der Waals surface area contributed by atoms with Crippen LogP contribution >= 0.6 is 0 Å². The summed E-state index contributed by atoms with van der Waals surface area (Å²) in [5.41, 5.74) is 7.19. The van der Waals surface area contributed by atoms with Gasteiger partial charge in [-0.05, 0) is 56.2 Å². The Morgan fingerprint density at radius 2 is 1.87 bits per heavy atom. The zero-order valence-electron chi connectivity index (χ0n) is 23.5. The van der Waals surface area contributed by atoms with Gasteiger partial charge in [-0.2, -0.15) is 0 Å². The van der Waals surface area contributed by atoms with Gasteiger partial charge in [-0.25, -0.2) is 17.8 Å². The van der Waals surface area contributed by atoms with Crippen LogP contribution in [0.25, 0.3) is 0 Å². The molecular formula is C28H42FN5O4S. The van der Waals surface area contributed by atoms with Gasteiger partial charge in [0.25, 0.3) is 5.91 Å². The highest BCUT2D eigenvalue weighted by atomic mass is 32.2. The number of amides is 1. The van der Waals surface area contributed by atoms with Gasteiger partial charge < -0.3 is 20.7 Å². The number of alkyl halides is 1. The molecule has 1 fully saturated rings. The zero-order valence-corrected chi connectivity index (χ0v) is 24.3. The standard InChI is InChI=1S/C28H42FN5O4S/c1-19(2)39(36,37)33(4)26-15-22(16-27(32-26)34(11-12-38-5)18-23-13-20(23)3)28(35)31-25(24(30)17-29)14-21-9-7-6-8-10-21/h6-10,15-16,19-20,23-25H,11-14,17-18,30H2,1-5H3,(H,31,35)/t20-,23+,24-,25-/m0/s1. The molecule has 0 unspecified atom stereocenters. The van der Waals surface area contributed by atoms with Crippen molar-refractivity contribution in [2.75, 3.05) is 49.7 Å². The maximum Gasteiger partial charge on any atom is 0.251 e. The van der Waals surface area contributed by atoms with Crippen molar-refractivity contribution in [2.24, 2.45) is 17.6 Å².